The van der Waals surface area contributed by atoms with Crippen LogP contribution in [0.5, 0.6) is 0 Å². The lowest BCUT2D eigenvalue weighted by Gasteiger charge is -2.44. The SMILES string of the molecule is C#CC1(OC2(C#C)OCO2)OCO1. The van der Waals surface area contributed by atoms with Gasteiger partial charge in [-0.1, -0.05) is 0 Å². The van der Waals surface area contributed by atoms with Gasteiger partial charge in [0.15, 0.2) is 13.6 Å². The Balaban J connectivity index is 2.05. The van der Waals surface area contributed by atoms with Crippen LogP contribution in [0.4, 0.5) is 0 Å². The van der Waals surface area contributed by atoms with Gasteiger partial charge in [0.2, 0.25) is 0 Å². The van der Waals surface area contributed by atoms with Crippen molar-refractivity contribution in [2.24, 2.45) is 0 Å². The topological polar surface area (TPSA) is 46.2 Å². The van der Waals surface area contributed by atoms with E-state index < -0.39 is 11.9 Å². The Labute approximate surface area is 74.8 Å². The molecule has 0 N–H and O–H groups in total. The summed E-state index contributed by atoms with van der Waals surface area (Å²) in [5.41, 5.74) is 0. The first-order chi connectivity index (χ1) is 6.24. The molecular weight excluding hydrogens is 176 g/mol. The van der Waals surface area contributed by atoms with Crippen LogP contribution in [-0.4, -0.2) is 25.5 Å². The van der Waals surface area contributed by atoms with Gasteiger partial charge in [-0.25, -0.2) is 4.74 Å². The van der Waals surface area contributed by atoms with Gasteiger partial charge in [-0.15, -0.1) is 12.8 Å². The highest BCUT2D eigenvalue weighted by Gasteiger charge is 2.53. The average Bonchev–Trinajstić information content (AvgIpc) is 2.02. The van der Waals surface area contributed by atoms with E-state index in [1.807, 2.05) is 0 Å². The van der Waals surface area contributed by atoms with Crippen molar-refractivity contribution in [2.45, 2.75) is 11.9 Å². The Morgan fingerprint density at radius 3 is 1.46 bits per heavy atom. The van der Waals surface area contributed by atoms with Crippen molar-refractivity contribution in [2.75, 3.05) is 13.6 Å². The van der Waals surface area contributed by atoms with E-state index in [9.17, 15) is 0 Å². The molecule has 2 rings (SSSR count). The Hall–Kier alpha value is -1.08. The van der Waals surface area contributed by atoms with Crippen LogP contribution in [0.2, 0.25) is 0 Å². The Bertz CT molecular complexity index is 259. The fraction of sp³-hybridized carbons (Fsp3) is 0.500. The molecule has 0 atom stereocenters. The minimum atomic E-state index is -1.56. The Morgan fingerprint density at radius 1 is 0.923 bits per heavy atom. The van der Waals surface area contributed by atoms with Gasteiger partial charge < -0.3 is 0 Å². The summed E-state index contributed by atoms with van der Waals surface area (Å²) in [6.45, 7) is 0.121. The van der Waals surface area contributed by atoms with Gasteiger partial charge in [-0.05, 0) is 11.8 Å². The van der Waals surface area contributed by atoms with E-state index >= 15 is 0 Å². The smallest absolute Gasteiger partial charge is 0.290 e. The third kappa shape index (κ3) is 1.20. The summed E-state index contributed by atoms with van der Waals surface area (Å²) in [4.78, 5) is 0. The summed E-state index contributed by atoms with van der Waals surface area (Å²) in [7, 11) is 0. The second-order valence-electron chi connectivity index (χ2n) is 2.32. The number of ether oxygens (including phenoxy) is 5. The summed E-state index contributed by atoms with van der Waals surface area (Å²) in [5.74, 6) is 1.18. The second kappa shape index (κ2) is 2.71. The molecule has 0 aromatic rings. The lowest BCUT2D eigenvalue weighted by atomic mass is 10.4. The van der Waals surface area contributed by atoms with Gasteiger partial charge in [-0.2, -0.15) is 0 Å². The predicted molar refractivity (Wildman–Crippen MR) is 38.3 cm³/mol. The van der Waals surface area contributed by atoms with Gasteiger partial charge in [0.1, 0.15) is 0 Å². The van der Waals surface area contributed by atoms with Crippen molar-refractivity contribution >= 4 is 0 Å². The number of hydrogen-bond donors (Lipinski definition) is 0. The monoisotopic (exact) mass is 182 g/mol. The molecule has 0 bridgehead atoms. The van der Waals surface area contributed by atoms with Crippen LogP contribution in [0.15, 0.2) is 0 Å². The number of hydrogen-bond acceptors (Lipinski definition) is 5. The summed E-state index contributed by atoms with van der Waals surface area (Å²) in [6, 6.07) is 0. The van der Waals surface area contributed by atoms with E-state index in [4.69, 9.17) is 36.5 Å². The van der Waals surface area contributed by atoms with E-state index in [-0.39, 0.29) is 13.6 Å². The maximum atomic E-state index is 5.10. The molecule has 68 valence electrons. The molecule has 2 heterocycles. The summed E-state index contributed by atoms with van der Waals surface area (Å²) < 4.78 is 24.5. The molecule has 0 radical (unpaired) electrons. The van der Waals surface area contributed by atoms with Crippen molar-refractivity contribution in [1.29, 1.82) is 0 Å². The molecule has 0 aromatic carbocycles. The van der Waals surface area contributed by atoms with Crippen LogP contribution in [0, 0.1) is 24.7 Å². The summed E-state index contributed by atoms with van der Waals surface area (Å²) >= 11 is 0. The highest BCUT2D eigenvalue weighted by Crippen LogP contribution is 2.34. The minimum Gasteiger partial charge on any atom is -0.290 e. The molecule has 5 nitrogen and oxygen atoms in total. The van der Waals surface area contributed by atoms with Crippen molar-refractivity contribution in [3.05, 3.63) is 0 Å². The fourth-order valence-electron chi connectivity index (χ4n) is 0.852. The Morgan fingerprint density at radius 2 is 1.31 bits per heavy atom. The van der Waals surface area contributed by atoms with E-state index in [0.29, 0.717) is 0 Å². The van der Waals surface area contributed by atoms with Crippen LogP contribution in [0.1, 0.15) is 0 Å². The maximum absolute atomic E-state index is 5.10. The number of rotatable bonds is 2. The molecule has 0 aromatic heterocycles. The van der Waals surface area contributed by atoms with Crippen LogP contribution in [-0.2, 0) is 23.7 Å². The van der Waals surface area contributed by atoms with Crippen LogP contribution in [0.25, 0.3) is 0 Å². The van der Waals surface area contributed by atoms with Crippen molar-refractivity contribution < 1.29 is 23.7 Å². The van der Waals surface area contributed by atoms with Crippen LogP contribution >= 0.6 is 0 Å². The summed E-state index contributed by atoms with van der Waals surface area (Å²) in [5, 5.41) is 0. The average molecular weight is 182 g/mol. The van der Waals surface area contributed by atoms with E-state index in [2.05, 4.69) is 11.8 Å². The molecule has 2 aliphatic rings. The van der Waals surface area contributed by atoms with Crippen molar-refractivity contribution in [1.82, 2.24) is 0 Å². The molecule has 0 amide bonds. The molecule has 13 heavy (non-hydrogen) atoms. The highest BCUT2D eigenvalue weighted by molar-refractivity contribution is 5.05. The lowest BCUT2D eigenvalue weighted by Crippen LogP contribution is -2.59. The standard InChI is InChI=1S/C8H6O5/c1-3-7(9-5-10-7)13-8(4-2)11-6-12-8/h1-2H,5-6H2. The molecule has 0 spiro atoms. The van der Waals surface area contributed by atoms with Gasteiger partial charge in [-0.3, -0.25) is 18.9 Å². The van der Waals surface area contributed by atoms with E-state index in [1.165, 1.54) is 0 Å². The zero-order chi connectivity index (χ0) is 9.36. The van der Waals surface area contributed by atoms with Gasteiger partial charge >= 0.3 is 11.9 Å². The quantitative estimate of drug-likeness (QED) is 0.543. The molecule has 2 aliphatic heterocycles. The van der Waals surface area contributed by atoms with Gasteiger partial charge in [0.05, 0.1) is 0 Å². The predicted octanol–water partition coefficient (Wildman–Crippen LogP) is -0.414. The molecule has 2 saturated heterocycles. The number of terminal acetylenes is 2. The third-order valence-electron chi connectivity index (χ3n) is 1.62. The van der Waals surface area contributed by atoms with E-state index in [0.717, 1.165) is 0 Å². The first-order valence-corrected chi connectivity index (χ1v) is 3.46. The van der Waals surface area contributed by atoms with Crippen molar-refractivity contribution in [3.8, 4) is 24.7 Å². The molecule has 2 fully saturated rings. The van der Waals surface area contributed by atoms with Crippen LogP contribution in [0.3, 0.4) is 0 Å². The van der Waals surface area contributed by atoms with E-state index in [1.54, 1.807) is 0 Å². The molecule has 0 unspecified atom stereocenters. The molecular formula is C8H6O5. The molecule has 0 aliphatic carbocycles. The first-order valence-electron chi connectivity index (χ1n) is 3.46. The lowest BCUT2D eigenvalue weighted by molar-refractivity contribution is -0.577. The normalized spacial score (nSPS) is 27.5. The third-order valence-corrected chi connectivity index (χ3v) is 1.62. The van der Waals surface area contributed by atoms with Gasteiger partial charge in [0, 0.05) is 0 Å². The van der Waals surface area contributed by atoms with Crippen LogP contribution < -0.4 is 0 Å². The van der Waals surface area contributed by atoms with Crippen molar-refractivity contribution in [3.63, 3.8) is 0 Å². The molecule has 0 saturated carbocycles. The largest absolute Gasteiger partial charge is 0.362 e. The minimum absolute atomic E-state index is 0.0604. The Kier molecular flexibility index (Phi) is 1.77. The first kappa shape index (κ1) is 8.52. The summed E-state index contributed by atoms with van der Waals surface area (Å²) in [6.07, 6.45) is 10.2. The molecule has 5 heteroatoms. The van der Waals surface area contributed by atoms with Gasteiger partial charge in [0.25, 0.3) is 0 Å². The highest BCUT2D eigenvalue weighted by atomic mass is 17.1. The maximum Gasteiger partial charge on any atom is 0.362 e. The zero-order valence-corrected chi connectivity index (χ0v) is 6.61. The fourth-order valence-corrected chi connectivity index (χ4v) is 0.852. The second-order valence-corrected chi connectivity index (χ2v) is 2.32. The zero-order valence-electron chi connectivity index (χ0n) is 6.61.